The first-order valence-corrected chi connectivity index (χ1v) is 7.02. The quantitative estimate of drug-likeness (QED) is 0.757. The Labute approximate surface area is 117 Å². The number of aliphatic hydroxyl groups excluding tert-OH is 1. The van der Waals surface area contributed by atoms with Crippen LogP contribution in [-0.4, -0.2) is 33.9 Å². The fraction of sp³-hybridized carbons (Fsp3) is 0.643. The number of carbonyl (C=O) groups excluding carboxylic acids is 1. The summed E-state index contributed by atoms with van der Waals surface area (Å²) in [7, 11) is 0. The van der Waals surface area contributed by atoms with E-state index < -0.39 is 5.56 Å². The molecule has 0 spiro atoms. The minimum Gasteiger partial charge on any atom is -0.396 e. The maximum atomic E-state index is 12.3. The van der Waals surface area contributed by atoms with E-state index in [-0.39, 0.29) is 30.0 Å². The highest BCUT2D eigenvalue weighted by Gasteiger charge is 2.27. The number of nitrogens with one attached hydrogen (secondary N) is 2. The molecule has 1 aromatic heterocycles. The third kappa shape index (κ3) is 2.90. The smallest absolute Gasteiger partial charge is 0.277 e. The zero-order chi connectivity index (χ0) is 14.7. The molecule has 2 atom stereocenters. The fourth-order valence-electron chi connectivity index (χ4n) is 2.76. The van der Waals surface area contributed by atoms with Gasteiger partial charge in [-0.2, -0.15) is 5.10 Å². The SMILES string of the molecule is Cc1n[nH]c(=O)c(C(=O)NC2CCCCC2CO)c1C. The van der Waals surface area contributed by atoms with Crippen LogP contribution in [0, 0.1) is 19.8 Å². The number of rotatable bonds is 3. The number of aliphatic hydroxyl groups is 1. The van der Waals surface area contributed by atoms with Crippen molar-refractivity contribution in [2.24, 2.45) is 5.92 Å². The summed E-state index contributed by atoms with van der Waals surface area (Å²) in [4.78, 5) is 24.1. The summed E-state index contributed by atoms with van der Waals surface area (Å²) in [6.07, 6.45) is 3.86. The van der Waals surface area contributed by atoms with E-state index in [4.69, 9.17) is 0 Å². The summed E-state index contributed by atoms with van der Waals surface area (Å²) < 4.78 is 0. The first-order valence-electron chi connectivity index (χ1n) is 7.02. The minimum atomic E-state index is -0.470. The van der Waals surface area contributed by atoms with E-state index in [0.29, 0.717) is 11.3 Å². The molecule has 1 aromatic rings. The van der Waals surface area contributed by atoms with Crippen LogP contribution in [0.4, 0.5) is 0 Å². The third-order valence-electron chi connectivity index (χ3n) is 4.16. The highest BCUT2D eigenvalue weighted by atomic mass is 16.3. The molecular weight excluding hydrogens is 258 g/mol. The Morgan fingerprint density at radius 2 is 2.10 bits per heavy atom. The van der Waals surface area contributed by atoms with Gasteiger partial charge in [0.1, 0.15) is 5.56 Å². The first kappa shape index (κ1) is 14.7. The molecule has 20 heavy (non-hydrogen) atoms. The van der Waals surface area contributed by atoms with E-state index in [0.717, 1.165) is 25.7 Å². The van der Waals surface area contributed by atoms with E-state index in [1.165, 1.54) is 0 Å². The lowest BCUT2D eigenvalue weighted by molar-refractivity contribution is 0.0870. The number of aromatic nitrogens is 2. The highest BCUT2D eigenvalue weighted by molar-refractivity contribution is 5.95. The Kier molecular flexibility index (Phi) is 4.54. The topological polar surface area (TPSA) is 95.1 Å². The Hall–Kier alpha value is -1.69. The first-order chi connectivity index (χ1) is 9.54. The third-order valence-corrected chi connectivity index (χ3v) is 4.16. The number of amides is 1. The van der Waals surface area contributed by atoms with E-state index in [1.54, 1.807) is 13.8 Å². The summed E-state index contributed by atoms with van der Waals surface area (Å²) in [5.74, 6) is -0.297. The van der Waals surface area contributed by atoms with Crippen LogP contribution in [0.3, 0.4) is 0 Å². The molecule has 0 saturated heterocycles. The van der Waals surface area contributed by atoms with Crippen molar-refractivity contribution in [3.63, 3.8) is 0 Å². The van der Waals surface area contributed by atoms with Gasteiger partial charge in [-0.15, -0.1) is 0 Å². The molecule has 2 unspecified atom stereocenters. The number of aryl methyl sites for hydroxylation is 1. The second-order valence-corrected chi connectivity index (χ2v) is 5.45. The maximum absolute atomic E-state index is 12.3. The van der Waals surface area contributed by atoms with Gasteiger partial charge in [-0.05, 0) is 32.3 Å². The molecule has 0 bridgehead atoms. The van der Waals surface area contributed by atoms with E-state index >= 15 is 0 Å². The zero-order valence-corrected chi connectivity index (χ0v) is 11.9. The van der Waals surface area contributed by atoms with Gasteiger partial charge in [-0.3, -0.25) is 9.59 Å². The Morgan fingerprint density at radius 1 is 1.40 bits per heavy atom. The van der Waals surface area contributed by atoms with Gasteiger partial charge < -0.3 is 10.4 Å². The predicted octanol–water partition coefficient (Wildman–Crippen LogP) is 0.668. The molecule has 0 aromatic carbocycles. The Bertz CT molecular complexity index is 553. The molecule has 1 saturated carbocycles. The average Bonchev–Trinajstić information content (AvgIpc) is 2.44. The van der Waals surface area contributed by atoms with Crippen molar-refractivity contribution in [2.75, 3.05) is 6.61 Å². The van der Waals surface area contributed by atoms with Gasteiger partial charge in [0.15, 0.2) is 0 Å². The minimum absolute atomic E-state index is 0.0616. The van der Waals surface area contributed by atoms with Crippen LogP contribution >= 0.6 is 0 Å². The van der Waals surface area contributed by atoms with Crippen LogP contribution in [0.15, 0.2) is 4.79 Å². The van der Waals surface area contributed by atoms with Crippen molar-refractivity contribution in [3.05, 3.63) is 27.2 Å². The largest absolute Gasteiger partial charge is 0.396 e. The molecule has 3 N–H and O–H groups in total. The predicted molar refractivity (Wildman–Crippen MR) is 74.6 cm³/mol. The summed E-state index contributed by atoms with van der Waals surface area (Å²) in [6.45, 7) is 3.53. The molecule has 1 aliphatic carbocycles. The van der Waals surface area contributed by atoms with Crippen LogP contribution in [-0.2, 0) is 0 Å². The Balaban J connectivity index is 2.20. The van der Waals surface area contributed by atoms with Crippen molar-refractivity contribution in [2.45, 2.75) is 45.6 Å². The lowest BCUT2D eigenvalue weighted by Gasteiger charge is -2.30. The molecule has 110 valence electrons. The highest BCUT2D eigenvalue weighted by Crippen LogP contribution is 2.24. The summed E-state index contributed by atoms with van der Waals surface area (Å²) >= 11 is 0. The monoisotopic (exact) mass is 279 g/mol. The molecule has 6 heteroatoms. The summed E-state index contributed by atoms with van der Waals surface area (Å²) in [5, 5.41) is 18.4. The van der Waals surface area contributed by atoms with Gasteiger partial charge in [0, 0.05) is 18.6 Å². The van der Waals surface area contributed by atoms with Gasteiger partial charge in [0.2, 0.25) is 0 Å². The van der Waals surface area contributed by atoms with Crippen LogP contribution < -0.4 is 10.9 Å². The van der Waals surface area contributed by atoms with Crippen LogP contribution in [0.25, 0.3) is 0 Å². The van der Waals surface area contributed by atoms with Crippen molar-refractivity contribution >= 4 is 5.91 Å². The molecule has 1 heterocycles. The average molecular weight is 279 g/mol. The zero-order valence-electron chi connectivity index (χ0n) is 11.9. The molecule has 1 fully saturated rings. The lowest BCUT2D eigenvalue weighted by atomic mass is 9.85. The summed E-state index contributed by atoms with van der Waals surface area (Å²) in [6, 6.07) is -0.0616. The van der Waals surface area contributed by atoms with E-state index in [9.17, 15) is 14.7 Å². The molecular formula is C14H21N3O3. The standard InChI is InChI=1S/C14H21N3O3/c1-8-9(2)16-17-14(20)12(8)13(19)15-11-6-4-3-5-10(11)7-18/h10-11,18H,3-7H2,1-2H3,(H,15,19)(H,17,20). The van der Waals surface area contributed by atoms with Crippen molar-refractivity contribution in [1.29, 1.82) is 0 Å². The van der Waals surface area contributed by atoms with Crippen LogP contribution in [0.1, 0.15) is 47.3 Å². The van der Waals surface area contributed by atoms with Gasteiger partial charge in [-0.1, -0.05) is 12.8 Å². The maximum Gasteiger partial charge on any atom is 0.277 e. The van der Waals surface area contributed by atoms with Gasteiger partial charge >= 0.3 is 0 Å². The molecule has 0 radical (unpaired) electrons. The van der Waals surface area contributed by atoms with Crippen molar-refractivity contribution in [3.8, 4) is 0 Å². The molecule has 1 aliphatic rings. The lowest BCUT2D eigenvalue weighted by Crippen LogP contribution is -2.45. The van der Waals surface area contributed by atoms with Crippen LogP contribution in [0.5, 0.6) is 0 Å². The Morgan fingerprint density at radius 3 is 2.80 bits per heavy atom. The number of aromatic amines is 1. The number of hydrogen-bond acceptors (Lipinski definition) is 4. The van der Waals surface area contributed by atoms with Crippen molar-refractivity contribution in [1.82, 2.24) is 15.5 Å². The normalized spacial score (nSPS) is 22.6. The number of hydrogen-bond donors (Lipinski definition) is 3. The molecule has 2 rings (SSSR count). The number of carbonyl (C=O) groups is 1. The van der Waals surface area contributed by atoms with Gasteiger partial charge in [0.25, 0.3) is 11.5 Å². The number of H-pyrrole nitrogens is 1. The van der Waals surface area contributed by atoms with E-state index in [2.05, 4.69) is 15.5 Å². The number of nitrogens with zero attached hydrogens (tertiary/aromatic N) is 1. The molecule has 1 amide bonds. The fourth-order valence-corrected chi connectivity index (χ4v) is 2.76. The van der Waals surface area contributed by atoms with Gasteiger partial charge in [0.05, 0.1) is 5.69 Å². The molecule has 0 aliphatic heterocycles. The summed E-state index contributed by atoms with van der Waals surface area (Å²) in [5.41, 5.74) is 0.890. The van der Waals surface area contributed by atoms with Crippen LogP contribution in [0.2, 0.25) is 0 Å². The molecule has 6 nitrogen and oxygen atoms in total. The van der Waals surface area contributed by atoms with Gasteiger partial charge in [-0.25, -0.2) is 5.10 Å². The second-order valence-electron chi connectivity index (χ2n) is 5.45. The second kappa shape index (κ2) is 6.17. The van der Waals surface area contributed by atoms with E-state index in [1.807, 2.05) is 0 Å². The van der Waals surface area contributed by atoms with Crippen molar-refractivity contribution < 1.29 is 9.90 Å².